The summed E-state index contributed by atoms with van der Waals surface area (Å²) in [5.74, 6) is 0. The fourth-order valence-electron chi connectivity index (χ4n) is 0. The topological polar surface area (TPSA) is 17.1 Å². The fraction of sp³-hybridized carbons (Fsp3) is 0. The molecule has 0 atom stereocenters. The second-order valence-electron chi connectivity index (χ2n) is 0.149. The zero-order valence-electron chi connectivity index (χ0n) is 2.77. The van der Waals surface area contributed by atoms with Crippen LogP contribution in [0.1, 0.15) is 0 Å². The summed E-state index contributed by atoms with van der Waals surface area (Å²) >= 11 is 10.1. The van der Waals surface area contributed by atoms with Gasteiger partial charge in [0.2, 0.25) is 0 Å². The summed E-state index contributed by atoms with van der Waals surface area (Å²) < 4.78 is 7.88. The van der Waals surface area contributed by atoms with Crippen molar-refractivity contribution < 1.29 is 36.1 Å². The van der Waals surface area contributed by atoms with Gasteiger partial charge in [-0.3, -0.25) is 0 Å². The molecular weight excluding hydrogens is 262 g/mol. The van der Waals surface area contributed by atoms with Crippen LogP contribution in [0, 0.1) is 0 Å². The van der Waals surface area contributed by atoms with Crippen molar-refractivity contribution in [2.45, 2.75) is 0 Å². The molecular formula is H2CoNiOS4. The Kier molecular flexibility index (Phi) is 55.4. The molecule has 0 aliphatic heterocycles. The van der Waals surface area contributed by atoms with Gasteiger partial charge in [-0.2, -0.15) is 0 Å². The predicted octanol–water partition coefficient (Wildman–Crippen LogP) is 1.93. The molecule has 0 N–H and O–H groups in total. The van der Waals surface area contributed by atoms with Crippen LogP contribution in [0.25, 0.3) is 0 Å². The van der Waals surface area contributed by atoms with Crippen LogP contribution >= 0.6 is 43.0 Å². The number of hydrogen-bond donors (Lipinski definition) is 2. The summed E-state index contributed by atoms with van der Waals surface area (Å²) in [6.07, 6.45) is 0. The first-order valence-corrected chi connectivity index (χ1v) is 5.32. The molecule has 0 aliphatic carbocycles. The van der Waals surface area contributed by atoms with Crippen LogP contribution in [-0.2, 0) is 36.1 Å². The minimum atomic E-state index is 0. The molecule has 0 aliphatic rings. The minimum absolute atomic E-state index is 0. The predicted molar refractivity (Wildman–Crippen MR) is 33.8 cm³/mol. The van der Waals surface area contributed by atoms with Crippen LogP contribution in [0.2, 0.25) is 0 Å². The Balaban J connectivity index is -0.0000000480. The normalized spacial score (nSPS) is 5.14. The first-order chi connectivity index (χ1) is 2.91. The molecule has 0 rings (SSSR count). The van der Waals surface area contributed by atoms with E-state index >= 15 is 0 Å². The van der Waals surface area contributed by atoms with E-state index < -0.39 is 0 Å². The van der Waals surface area contributed by atoms with Gasteiger partial charge in [0, 0.05) is 16.8 Å². The van der Waals surface area contributed by atoms with Crippen molar-refractivity contribution in [3.8, 4) is 0 Å². The molecule has 0 saturated heterocycles. The number of rotatable bonds is 1. The van der Waals surface area contributed by atoms with E-state index in [0.29, 0.717) is 0 Å². The van der Waals surface area contributed by atoms with Crippen molar-refractivity contribution in [2.24, 2.45) is 0 Å². The van der Waals surface area contributed by atoms with Gasteiger partial charge in [-0.1, -0.05) is 23.3 Å². The Hall–Kier alpha value is 2.20. The van der Waals surface area contributed by atoms with E-state index in [1.54, 1.807) is 0 Å². The average Bonchev–Trinajstić information content (AvgIpc) is 1.72. The van der Waals surface area contributed by atoms with E-state index in [4.69, 9.17) is 3.90 Å². The van der Waals surface area contributed by atoms with E-state index in [1.807, 2.05) is 0 Å². The van der Waals surface area contributed by atoms with Crippen molar-refractivity contribution in [3.05, 3.63) is 0 Å². The van der Waals surface area contributed by atoms with Crippen molar-refractivity contribution in [1.82, 2.24) is 0 Å². The van der Waals surface area contributed by atoms with E-state index in [2.05, 4.69) is 38.7 Å². The molecule has 0 aromatic heterocycles. The molecule has 0 fully saturated rings. The molecule has 7 heavy (non-hydrogen) atoms. The van der Waals surface area contributed by atoms with Gasteiger partial charge in [-0.05, 0) is 19.7 Å². The second-order valence-corrected chi connectivity index (χ2v) is 4.02. The van der Waals surface area contributed by atoms with Gasteiger partial charge in [0.25, 0.3) is 0 Å². The van der Waals surface area contributed by atoms with Gasteiger partial charge in [0.05, 0.1) is 0 Å². The van der Waals surface area contributed by atoms with Crippen molar-refractivity contribution in [1.29, 1.82) is 0 Å². The van der Waals surface area contributed by atoms with Gasteiger partial charge >= 0.3 is 19.3 Å². The van der Waals surface area contributed by atoms with Gasteiger partial charge in [-0.25, -0.2) is 0 Å². The maximum atomic E-state index is 7.88. The molecule has 0 heterocycles. The van der Waals surface area contributed by atoms with Crippen LogP contribution < -0.4 is 0 Å². The van der Waals surface area contributed by atoms with Crippen LogP contribution in [0.5, 0.6) is 0 Å². The molecule has 7 heteroatoms. The Morgan fingerprint density at radius 1 is 1.14 bits per heavy atom. The van der Waals surface area contributed by atoms with Crippen LogP contribution in [0.15, 0.2) is 0 Å². The first kappa shape index (κ1) is 16.1. The Morgan fingerprint density at radius 3 is 1.29 bits per heavy atom. The standard InChI is InChI=1S/Co.Ni.O.H2S4/c;;;1-3-4-2/h;;;1-2H. The van der Waals surface area contributed by atoms with E-state index in [9.17, 15) is 0 Å². The summed E-state index contributed by atoms with van der Waals surface area (Å²) in [6.45, 7) is 0. The molecule has 1 nitrogen and oxygen atoms in total. The van der Waals surface area contributed by atoms with E-state index in [-0.39, 0.29) is 16.8 Å². The fourth-order valence-corrected chi connectivity index (χ4v) is 0. The Bertz CT molecular complexity index is 19.2. The molecule has 0 unspecified atom stereocenters. The molecule has 1 radical (unpaired) electrons. The molecule has 0 bridgehead atoms. The summed E-state index contributed by atoms with van der Waals surface area (Å²) in [5.41, 5.74) is 0. The van der Waals surface area contributed by atoms with Crippen LogP contribution in [0.4, 0.5) is 0 Å². The summed E-state index contributed by atoms with van der Waals surface area (Å²) in [6, 6.07) is 0. The third-order valence-corrected chi connectivity index (χ3v) is 2.70. The summed E-state index contributed by atoms with van der Waals surface area (Å²) in [7, 11) is 2.66. The van der Waals surface area contributed by atoms with Gasteiger partial charge in [0.1, 0.15) is 0 Å². The maximum absolute atomic E-state index is 7.88. The van der Waals surface area contributed by atoms with Gasteiger partial charge < -0.3 is 0 Å². The number of thiol groups is 2. The van der Waals surface area contributed by atoms with E-state index in [0.717, 1.165) is 0 Å². The van der Waals surface area contributed by atoms with Gasteiger partial charge in [-0.15, -0.1) is 0 Å². The quantitative estimate of drug-likeness (QED) is 0.428. The van der Waals surface area contributed by atoms with Gasteiger partial charge in [0.15, 0.2) is 0 Å². The van der Waals surface area contributed by atoms with Crippen LogP contribution in [0.3, 0.4) is 0 Å². The molecule has 0 amide bonds. The van der Waals surface area contributed by atoms with Crippen molar-refractivity contribution in [2.75, 3.05) is 0 Å². The summed E-state index contributed by atoms with van der Waals surface area (Å²) in [4.78, 5) is 0. The van der Waals surface area contributed by atoms with Crippen molar-refractivity contribution >= 4 is 43.0 Å². The van der Waals surface area contributed by atoms with Crippen molar-refractivity contribution in [3.63, 3.8) is 0 Å². The molecule has 0 aromatic rings. The first-order valence-electron chi connectivity index (χ1n) is 0.661. The zero-order valence-corrected chi connectivity index (χ0v) is 8.22. The number of hydrogen-bond acceptors (Lipinski definition) is 5. The average molecular weight is 264 g/mol. The van der Waals surface area contributed by atoms with Crippen LogP contribution in [-0.4, -0.2) is 0 Å². The molecule has 0 spiro atoms. The van der Waals surface area contributed by atoms with E-state index in [1.165, 1.54) is 19.7 Å². The zero-order chi connectivity index (χ0) is 5.41. The summed E-state index contributed by atoms with van der Waals surface area (Å²) in [5, 5.41) is 0. The third kappa shape index (κ3) is 30.8. The molecule has 0 aromatic carbocycles. The Morgan fingerprint density at radius 2 is 1.29 bits per heavy atom. The second kappa shape index (κ2) is 24.1. The molecule has 51 valence electrons. The SMILES string of the molecule is SSSS.[Co].[O]=[Ni]. The monoisotopic (exact) mass is 263 g/mol. The molecule has 0 saturated carbocycles. The Labute approximate surface area is 78.3 Å². The third-order valence-electron chi connectivity index (χ3n) is 0.0333.